The van der Waals surface area contributed by atoms with Crippen molar-refractivity contribution >= 4 is 29.1 Å². The third kappa shape index (κ3) is 9.63. The lowest BCUT2D eigenvalue weighted by Crippen LogP contribution is -2.33. The molecule has 6 heteroatoms. The number of nitriles is 1. The predicted molar refractivity (Wildman–Crippen MR) is 195 cm³/mol. The van der Waals surface area contributed by atoms with Crippen molar-refractivity contribution in [3.8, 4) is 22.9 Å². The molecule has 4 nitrogen and oxygen atoms in total. The van der Waals surface area contributed by atoms with E-state index in [4.69, 9.17) is 27.9 Å². The number of carbonyl (C=O) groups excluding carboxylic acids is 1. The first-order chi connectivity index (χ1) is 22.9. The van der Waals surface area contributed by atoms with Gasteiger partial charge >= 0.3 is 0 Å². The highest BCUT2D eigenvalue weighted by Gasteiger charge is 2.34. The van der Waals surface area contributed by atoms with E-state index in [2.05, 4.69) is 13.0 Å². The summed E-state index contributed by atoms with van der Waals surface area (Å²) in [5.74, 6) is 0.794. The van der Waals surface area contributed by atoms with Gasteiger partial charge in [-0.05, 0) is 60.2 Å². The molecular formula is C41H46Cl2N2O2. The largest absolute Gasteiger partial charge is 0.496 e. The quantitative estimate of drug-likeness (QED) is 0.0991. The van der Waals surface area contributed by atoms with E-state index in [0.29, 0.717) is 53.7 Å². The summed E-state index contributed by atoms with van der Waals surface area (Å²) in [5, 5.41) is 11.8. The first-order valence-electron chi connectivity index (χ1n) is 16.8. The van der Waals surface area contributed by atoms with Gasteiger partial charge in [-0.2, -0.15) is 5.26 Å². The van der Waals surface area contributed by atoms with Crippen molar-refractivity contribution in [2.45, 2.75) is 83.1 Å². The van der Waals surface area contributed by atoms with Gasteiger partial charge in [-0.3, -0.25) is 4.79 Å². The number of methoxy groups -OCH3 is 1. The summed E-state index contributed by atoms with van der Waals surface area (Å²) in [7, 11) is 1.63. The standard InChI is InChI=1S/C41H46Cl2N2O2/c1-3-4-5-6-7-8-15-24-39(46)45(30-32-25-26-38(47-2)35(29-32)40-36(42)22-16-23-37(40)43)28-17-27-41(31-44,33-18-11-9-12-19-33)34-20-13-10-14-21-34/h9-14,16,18-23,25-26,29H,3-8,15,17,24,27-28,30H2,1-2H3. The second-order valence-corrected chi connectivity index (χ2v) is 13.0. The number of rotatable bonds is 18. The van der Waals surface area contributed by atoms with Gasteiger partial charge in [0.25, 0.3) is 0 Å². The van der Waals surface area contributed by atoms with Gasteiger partial charge in [-0.1, -0.05) is 141 Å². The molecule has 0 aromatic heterocycles. The van der Waals surface area contributed by atoms with Crippen molar-refractivity contribution in [2.75, 3.05) is 13.7 Å². The lowest BCUT2D eigenvalue weighted by molar-refractivity contribution is -0.132. The van der Waals surface area contributed by atoms with E-state index in [1.807, 2.05) is 102 Å². The predicted octanol–water partition coefficient (Wildman–Crippen LogP) is 11.4. The Bertz CT molecular complexity index is 1540. The first-order valence-corrected chi connectivity index (χ1v) is 17.6. The summed E-state index contributed by atoms with van der Waals surface area (Å²) in [6, 6.07) is 34.0. The fraction of sp³-hybridized carbons (Fsp3) is 0.366. The van der Waals surface area contributed by atoms with Crippen LogP contribution in [0.5, 0.6) is 5.75 Å². The van der Waals surface area contributed by atoms with Crippen LogP contribution in [0.3, 0.4) is 0 Å². The molecule has 0 fully saturated rings. The van der Waals surface area contributed by atoms with Gasteiger partial charge in [0.15, 0.2) is 0 Å². The zero-order chi connectivity index (χ0) is 33.5. The van der Waals surface area contributed by atoms with Crippen LogP contribution in [0.2, 0.25) is 10.0 Å². The minimum atomic E-state index is -0.816. The molecule has 0 unspecified atom stereocenters. The van der Waals surface area contributed by atoms with Crippen LogP contribution >= 0.6 is 23.2 Å². The normalized spacial score (nSPS) is 11.2. The molecule has 0 saturated carbocycles. The fourth-order valence-corrected chi connectivity index (χ4v) is 6.93. The van der Waals surface area contributed by atoms with Gasteiger partial charge in [-0.15, -0.1) is 0 Å². The average molecular weight is 670 g/mol. The summed E-state index contributed by atoms with van der Waals surface area (Å²) < 4.78 is 5.69. The molecule has 47 heavy (non-hydrogen) atoms. The van der Waals surface area contributed by atoms with Crippen LogP contribution in [0.1, 0.15) is 87.8 Å². The summed E-state index contributed by atoms with van der Waals surface area (Å²) >= 11 is 13.2. The number of benzene rings is 4. The number of unbranched alkanes of at least 4 members (excludes halogenated alkanes) is 6. The Morgan fingerprint density at radius 3 is 1.96 bits per heavy atom. The van der Waals surface area contributed by atoms with E-state index >= 15 is 0 Å². The Balaban J connectivity index is 1.57. The lowest BCUT2D eigenvalue weighted by atomic mass is 9.72. The maximum atomic E-state index is 13.8. The van der Waals surface area contributed by atoms with Crippen LogP contribution in [0.4, 0.5) is 0 Å². The summed E-state index contributed by atoms with van der Waals surface area (Å²) in [6.07, 6.45) is 9.83. The third-order valence-corrected chi connectivity index (χ3v) is 9.55. The summed E-state index contributed by atoms with van der Waals surface area (Å²) in [5.41, 5.74) is 3.57. The Kier molecular flexibility index (Phi) is 14.2. The summed E-state index contributed by atoms with van der Waals surface area (Å²) in [6.45, 7) is 3.19. The maximum absolute atomic E-state index is 13.8. The second-order valence-electron chi connectivity index (χ2n) is 12.2. The zero-order valence-corrected chi connectivity index (χ0v) is 29.2. The van der Waals surface area contributed by atoms with Crippen molar-refractivity contribution in [3.05, 3.63) is 124 Å². The van der Waals surface area contributed by atoms with Crippen LogP contribution in [0.25, 0.3) is 11.1 Å². The molecular weight excluding hydrogens is 623 g/mol. The smallest absolute Gasteiger partial charge is 0.222 e. The molecule has 0 aliphatic heterocycles. The van der Waals surface area contributed by atoms with E-state index in [9.17, 15) is 10.1 Å². The molecule has 0 aliphatic carbocycles. The van der Waals surface area contributed by atoms with Gasteiger partial charge < -0.3 is 9.64 Å². The molecule has 246 valence electrons. The van der Waals surface area contributed by atoms with Gasteiger partial charge in [0.1, 0.15) is 11.2 Å². The van der Waals surface area contributed by atoms with E-state index in [1.165, 1.54) is 25.7 Å². The number of amides is 1. The molecule has 1 amide bonds. The molecule has 0 atom stereocenters. The van der Waals surface area contributed by atoms with Crippen molar-refractivity contribution in [1.29, 1.82) is 5.26 Å². The number of nitrogens with zero attached hydrogens (tertiary/aromatic N) is 2. The van der Waals surface area contributed by atoms with E-state index in [1.54, 1.807) is 7.11 Å². The Hall–Kier alpha value is -3.78. The summed E-state index contributed by atoms with van der Waals surface area (Å²) in [4.78, 5) is 15.8. The lowest BCUT2D eigenvalue weighted by Gasteiger charge is -2.30. The Morgan fingerprint density at radius 1 is 0.787 bits per heavy atom. The average Bonchev–Trinajstić information content (AvgIpc) is 3.10. The highest BCUT2D eigenvalue weighted by Crippen LogP contribution is 2.41. The van der Waals surface area contributed by atoms with Crippen LogP contribution in [-0.4, -0.2) is 24.5 Å². The molecule has 0 saturated heterocycles. The second kappa shape index (κ2) is 18.5. The third-order valence-electron chi connectivity index (χ3n) is 8.92. The minimum absolute atomic E-state index is 0.133. The van der Waals surface area contributed by atoms with E-state index < -0.39 is 5.41 Å². The van der Waals surface area contributed by atoms with Crippen molar-refractivity contribution in [3.63, 3.8) is 0 Å². The number of halogens is 2. The monoisotopic (exact) mass is 668 g/mol. The maximum Gasteiger partial charge on any atom is 0.222 e. The minimum Gasteiger partial charge on any atom is -0.496 e. The highest BCUT2D eigenvalue weighted by molar-refractivity contribution is 6.39. The molecule has 0 spiro atoms. The fourth-order valence-electron chi connectivity index (χ4n) is 6.33. The van der Waals surface area contributed by atoms with Crippen molar-refractivity contribution < 1.29 is 9.53 Å². The number of carbonyl (C=O) groups is 1. The van der Waals surface area contributed by atoms with E-state index in [-0.39, 0.29) is 5.91 Å². The molecule has 0 bridgehead atoms. The van der Waals surface area contributed by atoms with Crippen LogP contribution in [-0.2, 0) is 16.8 Å². The molecule has 0 radical (unpaired) electrons. The van der Waals surface area contributed by atoms with Crippen LogP contribution in [0.15, 0.2) is 97.1 Å². The number of ether oxygens (including phenoxy) is 1. The number of hydrogen-bond acceptors (Lipinski definition) is 3. The van der Waals surface area contributed by atoms with Gasteiger partial charge in [0.2, 0.25) is 5.91 Å². The SMILES string of the molecule is CCCCCCCCCC(=O)N(CCCC(C#N)(c1ccccc1)c1ccccc1)Cc1ccc(OC)c(-c2c(Cl)cccc2Cl)c1. The van der Waals surface area contributed by atoms with Crippen molar-refractivity contribution in [2.24, 2.45) is 0 Å². The molecule has 0 N–H and O–H groups in total. The molecule has 4 rings (SSSR count). The topological polar surface area (TPSA) is 53.3 Å². The van der Waals surface area contributed by atoms with Crippen LogP contribution in [0, 0.1) is 11.3 Å². The van der Waals surface area contributed by atoms with E-state index in [0.717, 1.165) is 41.5 Å². The zero-order valence-electron chi connectivity index (χ0n) is 27.7. The molecule has 0 heterocycles. The van der Waals surface area contributed by atoms with Crippen molar-refractivity contribution in [1.82, 2.24) is 4.90 Å². The molecule has 0 aliphatic rings. The first kappa shape index (κ1) is 36.1. The van der Waals surface area contributed by atoms with Gasteiger partial charge in [0.05, 0.1) is 23.2 Å². The van der Waals surface area contributed by atoms with Gasteiger partial charge in [-0.25, -0.2) is 0 Å². The van der Waals surface area contributed by atoms with Crippen LogP contribution < -0.4 is 4.74 Å². The number of hydrogen-bond donors (Lipinski definition) is 0. The molecule has 4 aromatic carbocycles. The highest BCUT2D eigenvalue weighted by atomic mass is 35.5. The molecule has 4 aromatic rings. The Morgan fingerprint density at radius 2 is 1.38 bits per heavy atom. The Labute approximate surface area is 291 Å². The van der Waals surface area contributed by atoms with Gasteiger partial charge in [0, 0.05) is 30.6 Å².